The second-order valence-electron chi connectivity index (χ2n) is 4.01. The number of hydrogen-bond acceptors (Lipinski definition) is 2. The number of alkyl halides is 3. The van der Waals surface area contributed by atoms with Crippen molar-refractivity contribution in [2.45, 2.75) is 18.6 Å². The fourth-order valence-corrected chi connectivity index (χ4v) is 1.45. The molecule has 0 bridgehead atoms. The first-order valence-corrected chi connectivity index (χ1v) is 5.43. The average Bonchev–Trinajstić information content (AvgIpc) is 2.34. The molecule has 100 valence electrons. The van der Waals surface area contributed by atoms with Gasteiger partial charge in [0.25, 0.3) is 0 Å². The summed E-state index contributed by atoms with van der Waals surface area (Å²) in [5.74, 6) is -0.523. The van der Waals surface area contributed by atoms with Gasteiger partial charge in [0, 0.05) is 13.6 Å². The van der Waals surface area contributed by atoms with Gasteiger partial charge in [-0.25, -0.2) is 0 Å². The third-order valence-electron chi connectivity index (χ3n) is 2.53. The minimum absolute atomic E-state index is 0.386. The maximum Gasteiger partial charge on any atom is 0.390 e. The van der Waals surface area contributed by atoms with E-state index < -0.39 is 24.5 Å². The van der Waals surface area contributed by atoms with E-state index in [-0.39, 0.29) is 6.54 Å². The molecule has 0 spiro atoms. The van der Waals surface area contributed by atoms with E-state index in [1.54, 1.807) is 30.3 Å². The Bertz CT molecular complexity index is 392. The highest BCUT2D eigenvalue weighted by molar-refractivity contribution is 5.82. The summed E-state index contributed by atoms with van der Waals surface area (Å²) < 4.78 is 36.1. The van der Waals surface area contributed by atoms with Crippen LogP contribution in [0.2, 0.25) is 0 Å². The van der Waals surface area contributed by atoms with E-state index in [0.29, 0.717) is 5.56 Å². The van der Waals surface area contributed by atoms with Crippen LogP contribution in [0.25, 0.3) is 0 Å². The Morgan fingerprint density at radius 1 is 1.33 bits per heavy atom. The smallest absolute Gasteiger partial charge is 0.344 e. The molecule has 0 aliphatic heterocycles. The van der Waals surface area contributed by atoms with Crippen molar-refractivity contribution in [3.8, 4) is 0 Å². The summed E-state index contributed by atoms with van der Waals surface area (Å²) >= 11 is 0. The molecule has 0 aliphatic rings. The molecule has 0 radical (unpaired) electrons. The van der Waals surface area contributed by atoms with Gasteiger partial charge in [0.15, 0.2) is 0 Å². The first-order chi connectivity index (χ1) is 8.31. The fourth-order valence-electron chi connectivity index (χ4n) is 1.45. The van der Waals surface area contributed by atoms with Crippen LogP contribution in [-0.4, -0.2) is 30.6 Å². The summed E-state index contributed by atoms with van der Waals surface area (Å²) in [4.78, 5) is 12.8. The predicted molar refractivity (Wildman–Crippen MR) is 61.7 cm³/mol. The molecule has 0 saturated carbocycles. The number of halogens is 3. The van der Waals surface area contributed by atoms with E-state index in [1.165, 1.54) is 7.05 Å². The van der Waals surface area contributed by atoms with Crippen LogP contribution in [0, 0.1) is 0 Å². The Hall–Kier alpha value is -1.56. The van der Waals surface area contributed by atoms with Crippen LogP contribution < -0.4 is 5.73 Å². The summed E-state index contributed by atoms with van der Waals surface area (Å²) in [5, 5.41) is 0. The van der Waals surface area contributed by atoms with Gasteiger partial charge in [-0.05, 0) is 5.56 Å². The molecule has 1 rings (SSSR count). The van der Waals surface area contributed by atoms with Gasteiger partial charge in [-0.3, -0.25) is 4.79 Å². The van der Waals surface area contributed by atoms with Crippen molar-refractivity contribution in [2.75, 3.05) is 13.6 Å². The molecule has 1 amide bonds. The lowest BCUT2D eigenvalue weighted by molar-refractivity contribution is -0.144. The molecule has 3 nitrogen and oxygen atoms in total. The van der Waals surface area contributed by atoms with Crippen molar-refractivity contribution in [1.82, 2.24) is 4.90 Å². The Balaban J connectivity index is 2.59. The third kappa shape index (κ3) is 4.37. The van der Waals surface area contributed by atoms with Crippen molar-refractivity contribution < 1.29 is 18.0 Å². The minimum Gasteiger partial charge on any atom is -0.344 e. The van der Waals surface area contributed by atoms with Crippen molar-refractivity contribution in [3.05, 3.63) is 35.9 Å². The molecule has 2 N–H and O–H groups in total. The standard InChI is InChI=1S/C12H15F3N2O/c1-17(8-7-12(13,14)15)11(18)10(16)9-5-3-2-4-6-9/h2-6,10H,7-8,16H2,1H3. The molecular formula is C12H15F3N2O. The van der Waals surface area contributed by atoms with Crippen molar-refractivity contribution in [1.29, 1.82) is 0 Å². The summed E-state index contributed by atoms with van der Waals surface area (Å²) in [7, 11) is 1.32. The van der Waals surface area contributed by atoms with Gasteiger partial charge in [-0.2, -0.15) is 13.2 Å². The Morgan fingerprint density at radius 3 is 2.39 bits per heavy atom. The number of rotatable bonds is 4. The summed E-state index contributed by atoms with van der Waals surface area (Å²) in [5.41, 5.74) is 6.29. The molecule has 0 aromatic heterocycles. The highest BCUT2D eigenvalue weighted by atomic mass is 19.4. The molecule has 1 aromatic carbocycles. The van der Waals surface area contributed by atoms with Crippen molar-refractivity contribution in [2.24, 2.45) is 5.73 Å². The SMILES string of the molecule is CN(CCC(F)(F)F)C(=O)C(N)c1ccccc1. The van der Waals surface area contributed by atoms with Gasteiger partial charge >= 0.3 is 6.18 Å². The fraction of sp³-hybridized carbons (Fsp3) is 0.417. The van der Waals surface area contributed by atoms with Crippen LogP contribution in [0.5, 0.6) is 0 Å². The topological polar surface area (TPSA) is 46.3 Å². The van der Waals surface area contributed by atoms with Crippen molar-refractivity contribution >= 4 is 5.91 Å². The molecular weight excluding hydrogens is 245 g/mol. The van der Waals surface area contributed by atoms with Crippen LogP contribution in [0.4, 0.5) is 13.2 Å². The third-order valence-corrected chi connectivity index (χ3v) is 2.53. The Morgan fingerprint density at radius 2 is 1.89 bits per heavy atom. The van der Waals surface area contributed by atoms with E-state index >= 15 is 0 Å². The van der Waals surface area contributed by atoms with Gasteiger partial charge in [-0.1, -0.05) is 30.3 Å². The lowest BCUT2D eigenvalue weighted by atomic mass is 10.1. The molecule has 0 saturated heterocycles. The molecule has 0 fully saturated rings. The zero-order chi connectivity index (χ0) is 13.8. The van der Waals surface area contributed by atoms with Crippen LogP contribution >= 0.6 is 0 Å². The Kier molecular flexibility index (Phi) is 4.72. The number of benzene rings is 1. The summed E-state index contributed by atoms with van der Waals surface area (Å²) in [6.07, 6.45) is -5.30. The van der Waals surface area contributed by atoms with Gasteiger partial charge in [-0.15, -0.1) is 0 Å². The number of nitrogens with two attached hydrogens (primary N) is 1. The highest BCUT2D eigenvalue weighted by Crippen LogP contribution is 2.20. The average molecular weight is 260 g/mol. The van der Waals surface area contributed by atoms with Crippen LogP contribution in [0.15, 0.2) is 30.3 Å². The zero-order valence-electron chi connectivity index (χ0n) is 9.95. The maximum atomic E-state index is 12.0. The number of likely N-dealkylation sites (N-methyl/N-ethyl adjacent to an activating group) is 1. The van der Waals surface area contributed by atoms with Gasteiger partial charge in [0.05, 0.1) is 6.42 Å². The van der Waals surface area contributed by atoms with E-state index in [0.717, 1.165) is 4.90 Å². The van der Waals surface area contributed by atoms with Crippen LogP contribution in [-0.2, 0) is 4.79 Å². The molecule has 1 atom stereocenters. The first-order valence-electron chi connectivity index (χ1n) is 5.43. The second-order valence-corrected chi connectivity index (χ2v) is 4.01. The van der Waals surface area contributed by atoms with E-state index in [4.69, 9.17) is 5.73 Å². The molecule has 1 aromatic rings. The summed E-state index contributed by atoms with van der Waals surface area (Å²) in [6.45, 7) is -0.386. The normalized spacial score (nSPS) is 13.2. The largest absolute Gasteiger partial charge is 0.390 e. The highest BCUT2D eigenvalue weighted by Gasteiger charge is 2.29. The number of hydrogen-bond donors (Lipinski definition) is 1. The van der Waals surface area contributed by atoms with Crippen LogP contribution in [0.1, 0.15) is 18.0 Å². The lowest BCUT2D eigenvalue weighted by Crippen LogP contribution is -2.37. The van der Waals surface area contributed by atoms with Gasteiger partial charge in [0.2, 0.25) is 5.91 Å². The van der Waals surface area contributed by atoms with Crippen molar-refractivity contribution in [3.63, 3.8) is 0 Å². The molecule has 6 heteroatoms. The molecule has 1 unspecified atom stereocenters. The summed E-state index contributed by atoms with van der Waals surface area (Å²) in [6, 6.07) is 7.62. The van der Waals surface area contributed by atoms with Gasteiger partial charge in [0.1, 0.15) is 6.04 Å². The van der Waals surface area contributed by atoms with E-state index in [1.807, 2.05) is 0 Å². The molecule has 0 aliphatic carbocycles. The maximum absolute atomic E-state index is 12.0. The predicted octanol–water partition coefficient (Wildman–Crippen LogP) is 2.10. The second kappa shape index (κ2) is 5.86. The number of amides is 1. The van der Waals surface area contributed by atoms with Crippen LogP contribution in [0.3, 0.4) is 0 Å². The quantitative estimate of drug-likeness (QED) is 0.901. The monoisotopic (exact) mass is 260 g/mol. The molecule has 0 heterocycles. The minimum atomic E-state index is -4.27. The number of carbonyl (C=O) groups excluding carboxylic acids is 1. The molecule has 18 heavy (non-hydrogen) atoms. The lowest BCUT2D eigenvalue weighted by Gasteiger charge is -2.22. The van der Waals surface area contributed by atoms with E-state index in [9.17, 15) is 18.0 Å². The zero-order valence-corrected chi connectivity index (χ0v) is 9.95. The Labute approximate surface area is 103 Å². The number of nitrogens with zero attached hydrogens (tertiary/aromatic N) is 1. The first kappa shape index (κ1) is 14.5. The number of carbonyl (C=O) groups is 1. The van der Waals surface area contributed by atoms with Gasteiger partial charge < -0.3 is 10.6 Å². The van der Waals surface area contributed by atoms with E-state index in [2.05, 4.69) is 0 Å².